The van der Waals surface area contributed by atoms with E-state index >= 15 is 0 Å². The number of aliphatic carboxylic acids is 1. The second-order valence-corrected chi connectivity index (χ2v) is 13.8. The van der Waals surface area contributed by atoms with Crippen LogP contribution in [0.2, 0.25) is 0 Å². The number of hydrogen-bond donors (Lipinski definition) is 3. The molecule has 0 heterocycles. The van der Waals surface area contributed by atoms with Crippen LogP contribution in [0.1, 0.15) is 62.3 Å². The average Bonchev–Trinajstić information content (AvgIpc) is 2.95. The van der Waals surface area contributed by atoms with Gasteiger partial charge in [0.1, 0.15) is 0 Å². The Kier molecular flexibility index (Phi) is 11.9. The molecule has 3 aromatic rings. The summed E-state index contributed by atoms with van der Waals surface area (Å²) in [6.45, 7) is 8.34. The number of benzene rings is 3. The average molecular weight is 595 g/mol. The van der Waals surface area contributed by atoms with Crippen molar-refractivity contribution >= 4 is 16.0 Å². The fourth-order valence-electron chi connectivity index (χ4n) is 5.18. The molecule has 8 heteroatoms. The number of nitrogens with zero attached hydrogens (tertiary/aromatic N) is 1. The second-order valence-electron chi connectivity index (χ2n) is 11.8. The summed E-state index contributed by atoms with van der Waals surface area (Å²) in [6, 6.07) is 21.6. The molecule has 0 saturated carbocycles. The number of β-amino-alcohol motifs (C(OH)–C–C–N with tert-alkyl or cyclic N) is 1. The first-order chi connectivity index (χ1) is 19.8. The summed E-state index contributed by atoms with van der Waals surface area (Å²) < 4.78 is 28.4. The topological polar surface area (TPSA) is 107 Å². The standard InChI is InChI=1S/C34H46N2O5S/c1-6-27-22-29(31-21-25(2)14-15-28(31)17-19-33(38)39)16-18-32(27)42(40,41)36(5)24-30(37)23-35-34(3,4)20-10-13-26-11-8-7-9-12-26/h7-9,11-12,14-16,18,21-22,30,35,37H,6,10,13,17,19-20,23-24H2,1-5H3,(H,38,39). The summed E-state index contributed by atoms with van der Waals surface area (Å²) in [7, 11) is -2.34. The second kappa shape index (κ2) is 14.9. The first-order valence-electron chi connectivity index (χ1n) is 14.7. The molecule has 228 valence electrons. The van der Waals surface area contributed by atoms with Crippen LogP contribution in [0, 0.1) is 6.92 Å². The molecular formula is C34H46N2O5S. The highest BCUT2D eigenvalue weighted by Gasteiger charge is 2.27. The van der Waals surface area contributed by atoms with Crippen molar-refractivity contribution in [2.75, 3.05) is 20.1 Å². The normalized spacial score (nSPS) is 12.9. The van der Waals surface area contributed by atoms with Gasteiger partial charge >= 0.3 is 5.97 Å². The smallest absolute Gasteiger partial charge is 0.303 e. The molecule has 0 aliphatic carbocycles. The maximum Gasteiger partial charge on any atom is 0.303 e. The highest BCUT2D eigenvalue weighted by Crippen LogP contribution is 2.31. The van der Waals surface area contributed by atoms with Crippen LogP contribution >= 0.6 is 0 Å². The third-order valence-electron chi connectivity index (χ3n) is 7.71. The molecule has 0 aliphatic rings. The van der Waals surface area contributed by atoms with E-state index in [-0.39, 0.29) is 29.9 Å². The van der Waals surface area contributed by atoms with E-state index in [0.717, 1.165) is 41.5 Å². The number of hydrogen-bond acceptors (Lipinski definition) is 5. The van der Waals surface area contributed by atoms with E-state index in [2.05, 4.69) is 31.3 Å². The highest BCUT2D eigenvalue weighted by atomic mass is 32.2. The number of carboxylic acid groups (broad SMARTS) is 1. The maximum absolute atomic E-state index is 13.6. The van der Waals surface area contributed by atoms with Crippen molar-refractivity contribution < 1.29 is 23.4 Å². The Labute approximate surface area is 251 Å². The minimum atomic E-state index is -3.85. The molecule has 7 nitrogen and oxygen atoms in total. The summed E-state index contributed by atoms with van der Waals surface area (Å²) in [5.41, 5.74) is 5.51. The Hall–Kier alpha value is -3.04. The molecule has 3 N–H and O–H groups in total. The summed E-state index contributed by atoms with van der Waals surface area (Å²) in [5.74, 6) is -0.857. The summed E-state index contributed by atoms with van der Waals surface area (Å²) >= 11 is 0. The van der Waals surface area contributed by atoms with Crippen LogP contribution in [-0.4, -0.2) is 60.7 Å². The molecule has 0 amide bonds. The van der Waals surface area contributed by atoms with Crippen LogP contribution in [0.25, 0.3) is 11.1 Å². The Balaban J connectivity index is 1.66. The molecule has 0 bridgehead atoms. The number of sulfonamides is 1. The van der Waals surface area contributed by atoms with Gasteiger partial charge in [0.25, 0.3) is 0 Å². The molecule has 1 atom stereocenters. The minimum Gasteiger partial charge on any atom is -0.481 e. The molecule has 0 aromatic heterocycles. The number of carboxylic acids is 1. The zero-order chi connectivity index (χ0) is 30.9. The predicted molar refractivity (Wildman–Crippen MR) is 169 cm³/mol. The van der Waals surface area contributed by atoms with E-state index in [1.807, 2.05) is 56.3 Å². The van der Waals surface area contributed by atoms with Gasteiger partial charge in [0.15, 0.2) is 0 Å². The van der Waals surface area contributed by atoms with Crippen LogP contribution in [0.3, 0.4) is 0 Å². The fourth-order valence-corrected chi connectivity index (χ4v) is 6.66. The van der Waals surface area contributed by atoms with E-state index in [1.54, 1.807) is 12.1 Å². The first-order valence-corrected chi connectivity index (χ1v) is 16.1. The van der Waals surface area contributed by atoms with Crippen LogP contribution in [-0.2, 0) is 34.1 Å². The van der Waals surface area contributed by atoms with Crippen molar-refractivity contribution in [3.05, 3.63) is 89.0 Å². The number of aliphatic hydroxyl groups is 1. The van der Waals surface area contributed by atoms with E-state index in [1.165, 1.54) is 16.9 Å². The van der Waals surface area contributed by atoms with Crippen LogP contribution < -0.4 is 5.32 Å². The van der Waals surface area contributed by atoms with Gasteiger partial charge in [-0.15, -0.1) is 0 Å². The van der Waals surface area contributed by atoms with Crippen molar-refractivity contribution in [3.8, 4) is 11.1 Å². The molecule has 42 heavy (non-hydrogen) atoms. The van der Waals surface area contributed by atoms with Gasteiger partial charge in [0.2, 0.25) is 10.0 Å². The molecule has 3 aromatic carbocycles. The van der Waals surface area contributed by atoms with Gasteiger partial charge in [0, 0.05) is 32.1 Å². The van der Waals surface area contributed by atoms with Gasteiger partial charge < -0.3 is 15.5 Å². The summed E-state index contributed by atoms with van der Waals surface area (Å²) in [5, 5.41) is 23.3. The van der Waals surface area contributed by atoms with Crippen LogP contribution in [0.4, 0.5) is 0 Å². The van der Waals surface area contributed by atoms with Gasteiger partial charge in [-0.1, -0.05) is 67.1 Å². The quantitative estimate of drug-likeness (QED) is 0.199. The lowest BCUT2D eigenvalue weighted by Gasteiger charge is -2.29. The van der Waals surface area contributed by atoms with Gasteiger partial charge in [-0.25, -0.2) is 8.42 Å². The van der Waals surface area contributed by atoms with E-state index in [9.17, 15) is 18.3 Å². The Morgan fingerprint density at radius 3 is 2.38 bits per heavy atom. The largest absolute Gasteiger partial charge is 0.481 e. The van der Waals surface area contributed by atoms with Crippen molar-refractivity contribution in [3.63, 3.8) is 0 Å². The van der Waals surface area contributed by atoms with Gasteiger partial charge in [-0.2, -0.15) is 4.31 Å². The zero-order valence-electron chi connectivity index (χ0n) is 25.6. The predicted octanol–water partition coefficient (Wildman–Crippen LogP) is 5.61. The number of aliphatic hydroxyl groups excluding tert-OH is 1. The summed E-state index contributed by atoms with van der Waals surface area (Å²) in [4.78, 5) is 11.4. The van der Waals surface area contributed by atoms with Gasteiger partial charge in [-0.05, 0) is 92.8 Å². The SMILES string of the molecule is CCc1cc(-c2cc(C)ccc2CCC(=O)O)ccc1S(=O)(=O)N(C)CC(O)CNC(C)(C)CCCc1ccccc1. The lowest BCUT2D eigenvalue weighted by Crippen LogP contribution is -2.46. The van der Waals surface area contributed by atoms with E-state index < -0.39 is 22.1 Å². The third-order valence-corrected chi connectivity index (χ3v) is 9.63. The molecule has 0 fully saturated rings. The third kappa shape index (κ3) is 9.49. The Bertz CT molecular complexity index is 1440. The fraction of sp³-hybridized carbons (Fsp3) is 0.441. The van der Waals surface area contributed by atoms with Gasteiger partial charge in [-0.3, -0.25) is 4.79 Å². The number of carbonyl (C=O) groups is 1. The number of rotatable bonds is 16. The number of likely N-dealkylation sites (N-methyl/N-ethyl adjacent to an activating group) is 1. The van der Waals surface area contributed by atoms with Crippen molar-refractivity contribution in [2.45, 2.75) is 82.8 Å². The molecule has 3 rings (SSSR count). The molecule has 0 radical (unpaired) electrons. The molecular weight excluding hydrogens is 548 g/mol. The highest BCUT2D eigenvalue weighted by molar-refractivity contribution is 7.89. The lowest BCUT2D eigenvalue weighted by atomic mass is 9.93. The minimum absolute atomic E-state index is 0.0238. The van der Waals surface area contributed by atoms with Crippen LogP contribution in [0.5, 0.6) is 0 Å². The Morgan fingerprint density at radius 1 is 1.00 bits per heavy atom. The molecule has 0 spiro atoms. The van der Waals surface area contributed by atoms with Crippen LogP contribution in [0.15, 0.2) is 71.6 Å². The number of nitrogens with one attached hydrogen (secondary N) is 1. The molecule has 0 saturated heterocycles. The summed E-state index contributed by atoms with van der Waals surface area (Å²) in [6.07, 6.45) is 2.98. The van der Waals surface area contributed by atoms with E-state index in [4.69, 9.17) is 5.11 Å². The molecule has 0 aliphatic heterocycles. The molecule has 1 unspecified atom stereocenters. The van der Waals surface area contributed by atoms with Crippen molar-refractivity contribution in [1.29, 1.82) is 0 Å². The van der Waals surface area contributed by atoms with Gasteiger partial charge in [0.05, 0.1) is 11.0 Å². The van der Waals surface area contributed by atoms with Crippen molar-refractivity contribution in [2.24, 2.45) is 0 Å². The first kappa shape index (κ1) is 33.5. The van der Waals surface area contributed by atoms with E-state index in [0.29, 0.717) is 18.4 Å². The lowest BCUT2D eigenvalue weighted by molar-refractivity contribution is -0.136. The number of aryl methyl sites for hydroxylation is 4. The zero-order valence-corrected chi connectivity index (χ0v) is 26.4. The maximum atomic E-state index is 13.6. The monoisotopic (exact) mass is 594 g/mol. The Morgan fingerprint density at radius 2 is 1.71 bits per heavy atom. The van der Waals surface area contributed by atoms with Crippen molar-refractivity contribution in [1.82, 2.24) is 9.62 Å².